The van der Waals surface area contributed by atoms with E-state index in [0.717, 1.165) is 24.2 Å². The predicted octanol–water partition coefficient (Wildman–Crippen LogP) is 15.0. The van der Waals surface area contributed by atoms with Gasteiger partial charge in [0.2, 0.25) is 0 Å². The summed E-state index contributed by atoms with van der Waals surface area (Å²) in [4.78, 5) is 0. The van der Waals surface area contributed by atoms with Gasteiger partial charge >= 0.3 is 0 Å². The van der Waals surface area contributed by atoms with Gasteiger partial charge in [-0.2, -0.15) is 0 Å². The van der Waals surface area contributed by atoms with Gasteiger partial charge in [-0.25, -0.2) is 0 Å². The van der Waals surface area contributed by atoms with Gasteiger partial charge in [-0.1, -0.05) is 146 Å². The number of hydrogen-bond donors (Lipinski definition) is 0. The second-order valence-corrected chi connectivity index (χ2v) is 14.8. The standard InChI is InChI=1S/C54H36O/c1-3-11-35(12-4-1)39-21-22-41-29-43(24-23-40(41)28-39)46-30-45(42-20-19-37-15-7-8-16-38(37)27-42)31-47(32-46)50-34-53-54(49-18-10-9-17-48(49)50)51-33-44(25-26-52(51)55-53)36-13-5-2-6-14-36/h1-24,27-34H,25-26H2. The zero-order valence-electron chi connectivity index (χ0n) is 30.3. The van der Waals surface area contributed by atoms with Gasteiger partial charge in [0.25, 0.3) is 0 Å². The van der Waals surface area contributed by atoms with Crippen LogP contribution in [0.25, 0.3) is 99.4 Å². The smallest absolute Gasteiger partial charge is 0.136 e. The van der Waals surface area contributed by atoms with Crippen molar-refractivity contribution in [3.05, 3.63) is 205 Å². The second-order valence-electron chi connectivity index (χ2n) is 14.8. The maximum absolute atomic E-state index is 6.77. The Bertz CT molecular complexity index is 3130. The van der Waals surface area contributed by atoms with E-state index in [9.17, 15) is 0 Å². The van der Waals surface area contributed by atoms with Crippen LogP contribution in [0.2, 0.25) is 0 Å². The van der Waals surface area contributed by atoms with Crippen molar-refractivity contribution < 1.29 is 4.42 Å². The molecule has 1 nitrogen and oxygen atoms in total. The van der Waals surface area contributed by atoms with Crippen LogP contribution >= 0.6 is 0 Å². The van der Waals surface area contributed by atoms with E-state index in [1.165, 1.54) is 98.9 Å². The topological polar surface area (TPSA) is 13.1 Å². The highest BCUT2D eigenvalue weighted by Crippen LogP contribution is 2.44. The normalized spacial score (nSPS) is 12.7. The number of aryl methyl sites for hydroxylation is 1. The molecule has 0 N–H and O–H groups in total. The summed E-state index contributed by atoms with van der Waals surface area (Å²) in [5, 5.41) is 8.61. The number of furan rings is 1. The number of fused-ring (bicyclic) bond motifs is 7. The van der Waals surface area contributed by atoms with Crippen molar-refractivity contribution in [2.75, 3.05) is 0 Å². The Morgan fingerprint density at radius 1 is 0.345 bits per heavy atom. The lowest BCUT2D eigenvalue weighted by Crippen LogP contribution is -1.96. The summed E-state index contributed by atoms with van der Waals surface area (Å²) < 4.78 is 6.77. The molecule has 0 unspecified atom stereocenters. The molecule has 0 aliphatic heterocycles. The fourth-order valence-electron chi connectivity index (χ4n) is 8.71. The predicted molar refractivity (Wildman–Crippen MR) is 233 cm³/mol. The van der Waals surface area contributed by atoms with Crippen LogP contribution in [0.3, 0.4) is 0 Å². The first-order valence-electron chi connectivity index (χ1n) is 19.2. The molecular formula is C54H36O. The number of rotatable bonds is 5. The van der Waals surface area contributed by atoms with Crippen LogP contribution in [0, 0.1) is 0 Å². The monoisotopic (exact) mass is 700 g/mol. The van der Waals surface area contributed by atoms with Gasteiger partial charge in [0.05, 0.1) is 0 Å². The highest BCUT2D eigenvalue weighted by Gasteiger charge is 2.22. The van der Waals surface area contributed by atoms with Gasteiger partial charge in [0, 0.05) is 17.4 Å². The quantitative estimate of drug-likeness (QED) is 0.174. The maximum Gasteiger partial charge on any atom is 0.136 e. The molecule has 0 atom stereocenters. The first kappa shape index (κ1) is 31.6. The first-order valence-corrected chi connectivity index (χ1v) is 19.2. The van der Waals surface area contributed by atoms with Crippen molar-refractivity contribution >= 4 is 54.9 Å². The number of hydrogen-bond acceptors (Lipinski definition) is 1. The SMILES string of the molecule is C1=C(c2ccccc2)CCc2oc3cc(-c4cc(-c5ccc6ccccc6c5)cc(-c5ccc6cc(-c7ccccc7)ccc6c5)c4)c4ccccc4c3c21. The lowest BCUT2D eigenvalue weighted by atomic mass is 9.87. The Hall–Kier alpha value is -6.96. The van der Waals surface area contributed by atoms with E-state index in [4.69, 9.17) is 4.42 Å². The molecule has 0 saturated heterocycles. The molecule has 0 radical (unpaired) electrons. The maximum atomic E-state index is 6.77. The largest absolute Gasteiger partial charge is 0.460 e. The summed E-state index contributed by atoms with van der Waals surface area (Å²) in [5.41, 5.74) is 14.4. The van der Waals surface area contributed by atoms with E-state index >= 15 is 0 Å². The third-order valence-electron chi connectivity index (χ3n) is 11.5. The number of benzene rings is 9. The number of allylic oxidation sites excluding steroid dienone is 1. The van der Waals surface area contributed by atoms with Crippen molar-refractivity contribution in [3.63, 3.8) is 0 Å². The van der Waals surface area contributed by atoms with Crippen molar-refractivity contribution in [2.45, 2.75) is 12.8 Å². The minimum Gasteiger partial charge on any atom is -0.460 e. The summed E-state index contributed by atoms with van der Waals surface area (Å²) >= 11 is 0. The summed E-state index contributed by atoms with van der Waals surface area (Å²) in [7, 11) is 0. The molecule has 1 aromatic heterocycles. The molecule has 11 rings (SSSR count). The Kier molecular flexibility index (Phi) is 7.38. The zero-order chi connectivity index (χ0) is 36.3. The zero-order valence-corrected chi connectivity index (χ0v) is 30.3. The van der Waals surface area contributed by atoms with Gasteiger partial charge in [-0.15, -0.1) is 0 Å². The molecule has 0 fully saturated rings. The van der Waals surface area contributed by atoms with Crippen molar-refractivity contribution in [1.29, 1.82) is 0 Å². The van der Waals surface area contributed by atoms with Crippen molar-refractivity contribution in [3.8, 4) is 44.5 Å². The Balaban J connectivity index is 1.10. The van der Waals surface area contributed by atoms with Crippen LogP contribution in [-0.2, 0) is 6.42 Å². The van der Waals surface area contributed by atoms with E-state index in [1.807, 2.05) is 0 Å². The Morgan fingerprint density at radius 2 is 0.873 bits per heavy atom. The summed E-state index contributed by atoms with van der Waals surface area (Å²) in [6, 6.07) is 68.7. The first-order chi connectivity index (χ1) is 27.2. The second kappa shape index (κ2) is 12.9. The molecule has 55 heavy (non-hydrogen) atoms. The van der Waals surface area contributed by atoms with Crippen LogP contribution in [0.5, 0.6) is 0 Å². The molecule has 1 heteroatoms. The van der Waals surface area contributed by atoms with Gasteiger partial charge in [-0.3, -0.25) is 0 Å². The van der Waals surface area contributed by atoms with Crippen LogP contribution in [-0.4, -0.2) is 0 Å². The van der Waals surface area contributed by atoms with E-state index < -0.39 is 0 Å². The Morgan fingerprint density at radius 3 is 1.56 bits per heavy atom. The minimum absolute atomic E-state index is 0.894. The molecule has 0 saturated carbocycles. The van der Waals surface area contributed by atoms with Gasteiger partial charge < -0.3 is 4.42 Å². The van der Waals surface area contributed by atoms with Gasteiger partial charge in [0.15, 0.2) is 0 Å². The molecule has 1 aliphatic carbocycles. The molecule has 0 spiro atoms. The molecular weight excluding hydrogens is 665 g/mol. The van der Waals surface area contributed by atoms with E-state index in [0.29, 0.717) is 0 Å². The van der Waals surface area contributed by atoms with Crippen LogP contribution in [0.15, 0.2) is 192 Å². The average Bonchev–Trinajstić information content (AvgIpc) is 3.64. The molecule has 258 valence electrons. The average molecular weight is 701 g/mol. The Labute approximate surface area is 320 Å². The van der Waals surface area contributed by atoms with E-state index in [-0.39, 0.29) is 0 Å². The van der Waals surface area contributed by atoms with Crippen molar-refractivity contribution in [2.24, 2.45) is 0 Å². The van der Waals surface area contributed by atoms with Crippen LogP contribution in [0.1, 0.15) is 23.3 Å². The summed E-state index contributed by atoms with van der Waals surface area (Å²) in [6.07, 6.45) is 4.23. The van der Waals surface area contributed by atoms with Gasteiger partial charge in [-0.05, 0) is 143 Å². The van der Waals surface area contributed by atoms with Crippen LogP contribution < -0.4 is 0 Å². The minimum atomic E-state index is 0.894. The third-order valence-corrected chi connectivity index (χ3v) is 11.5. The molecule has 0 bridgehead atoms. The van der Waals surface area contributed by atoms with E-state index in [2.05, 4.69) is 194 Å². The lowest BCUT2D eigenvalue weighted by Gasteiger charge is -2.15. The van der Waals surface area contributed by atoms with Gasteiger partial charge in [0.1, 0.15) is 11.3 Å². The lowest BCUT2D eigenvalue weighted by molar-refractivity contribution is 0.548. The summed E-state index contributed by atoms with van der Waals surface area (Å²) in [6.45, 7) is 0. The molecule has 0 amide bonds. The molecule has 9 aromatic carbocycles. The fourth-order valence-corrected chi connectivity index (χ4v) is 8.71. The van der Waals surface area contributed by atoms with E-state index in [1.54, 1.807) is 0 Å². The summed E-state index contributed by atoms with van der Waals surface area (Å²) in [5.74, 6) is 1.08. The molecule has 1 heterocycles. The highest BCUT2D eigenvalue weighted by molar-refractivity contribution is 6.17. The molecule has 10 aromatic rings. The van der Waals surface area contributed by atoms with Crippen LogP contribution in [0.4, 0.5) is 0 Å². The highest BCUT2D eigenvalue weighted by atomic mass is 16.3. The molecule has 1 aliphatic rings. The van der Waals surface area contributed by atoms with Crippen molar-refractivity contribution in [1.82, 2.24) is 0 Å². The third kappa shape index (κ3) is 5.56. The fraction of sp³-hybridized carbons (Fsp3) is 0.0370.